The Bertz CT molecular complexity index is 504. The van der Waals surface area contributed by atoms with Crippen LogP contribution in [0.15, 0.2) is 5.16 Å². The number of hydrogen-bond donors (Lipinski definition) is 1. The molecule has 3 heteroatoms. The molecule has 0 spiro atoms. The van der Waals surface area contributed by atoms with Crippen molar-refractivity contribution in [2.75, 3.05) is 7.11 Å². The number of aliphatic hydroxyl groups is 1. The van der Waals surface area contributed by atoms with E-state index in [4.69, 9.17) is 4.84 Å². The van der Waals surface area contributed by atoms with Crippen LogP contribution < -0.4 is 0 Å². The lowest BCUT2D eigenvalue weighted by atomic mass is 9.45. The molecule has 4 aliphatic rings. The summed E-state index contributed by atoms with van der Waals surface area (Å²) in [6, 6.07) is 0. The third-order valence-corrected chi connectivity index (χ3v) is 8.44. The van der Waals surface area contributed by atoms with Gasteiger partial charge >= 0.3 is 0 Å². The average Bonchev–Trinajstić information content (AvgIpc) is 2.84. The zero-order chi connectivity index (χ0) is 16.2. The Morgan fingerprint density at radius 1 is 1.09 bits per heavy atom. The van der Waals surface area contributed by atoms with E-state index in [0.717, 1.165) is 49.4 Å². The van der Waals surface area contributed by atoms with Crippen molar-refractivity contribution in [2.24, 2.45) is 39.7 Å². The van der Waals surface area contributed by atoms with Gasteiger partial charge in [0.25, 0.3) is 0 Å². The number of fused-ring (bicyclic) bond motifs is 5. The van der Waals surface area contributed by atoms with Crippen LogP contribution in [0.3, 0.4) is 0 Å². The molecule has 0 heterocycles. The molecule has 7 atom stereocenters. The van der Waals surface area contributed by atoms with Gasteiger partial charge in [-0.1, -0.05) is 19.0 Å². The molecule has 4 rings (SSSR count). The van der Waals surface area contributed by atoms with Crippen LogP contribution in [0.4, 0.5) is 0 Å². The fourth-order valence-electron chi connectivity index (χ4n) is 7.24. The van der Waals surface area contributed by atoms with Crippen molar-refractivity contribution in [1.29, 1.82) is 0 Å². The van der Waals surface area contributed by atoms with E-state index in [9.17, 15) is 5.11 Å². The lowest BCUT2D eigenvalue weighted by Gasteiger charge is -2.60. The molecule has 4 fully saturated rings. The molecule has 0 aromatic rings. The third-order valence-electron chi connectivity index (χ3n) is 8.44. The smallest absolute Gasteiger partial charge is 0.106 e. The quantitative estimate of drug-likeness (QED) is 0.728. The zero-order valence-corrected chi connectivity index (χ0v) is 15.1. The molecule has 4 saturated carbocycles. The van der Waals surface area contributed by atoms with Crippen molar-refractivity contribution in [3.63, 3.8) is 0 Å². The maximum atomic E-state index is 10.1. The maximum absolute atomic E-state index is 10.1. The molecule has 1 N–H and O–H groups in total. The van der Waals surface area contributed by atoms with E-state index in [2.05, 4.69) is 19.0 Å². The van der Waals surface area contributed by atoms with Gasteiger partial charge in [-0.05, 0) is 92.3 Å². The van der Waals surface area contributed by atoms with Crippen LogP contribution in [-0.2, 0) is 4.84 Å². The van der Waals surface area contributed by atoms with E-state index in [1.165, 1.54) is 37.8 Å². The summed E-state index contributed by atoms with van der Waals surface area (Å²) in [4.78, 5) is 5.09. The van der Waals surface area contributed by atoms with Gasteiger partial charge in [0, 0.05) is 0 Å². The molecule has 0 saturated heterocycles. The second kappa shape index (κ2) is 5.47. The molecule has 130 valence electrons. The fourth-order valence-corrected chi connectivity index (χ4v) is 7.24. The van der Waals surface area contributed by atoms with Gasteiger partial charge in [-0.15, -0.1) is 0 Å². The van der Waals surface area contributed by atoms with Crippen LogP contribution in [0.1, 0.15) is 71.6 Å². The first-order valence-electron chi connectivity index (χ1n) is 9.73. The minimum atomic E-state index is -0.0367. The lowest BCUT2D eigenvalue weighted by molar-refractivity contribution is -0.120. The van der Waals surface area contributed by atoms with Crippen LogP contribution in [0.25, 0.3) is 0 Å². The van der Waals surface area contributed by atoms with Gasteiger partial charge in [-0.25, -0.2) is 0 Å². The normalized spacial score (nSPS) is 54.3. The molecule has 0 amide bonds. The second-order valence-electron chi connectivity index (χ2n) is 9.50. The largest absolute Gasteiger partial charge is 0.399 e. The van der Waals surface area contributed by atoms with Crippen LogP contribution in [-0.4, -0.2) is 24.0 Å². The summed E-state index contributed by atoms with van der Waals surface area (Å²) in [6.45, 7) is 5.06. The first kappa shape index (κ1) is 15.9. The van der Waals surface area contributed by atoms with Gasteiger partial charge < -0.3 is 9.94 Å². The Kier molecular flexibility index (Phi) is 3.79. The molecular weight excluding hydrogens is 286 g/mol. The molecule has 4 aliphatic carbocycles. The minimum absolute atomic E-state index is 0.0367. The van der Waals surface area contributed by atoms with Crippen LogP contribution in [0.2, 0.25) is 0 Å². The highest BCUT2D eigenvalue weighted by Crippen LogP contribution is 2.65. The van der Waals surface area contributed by atoms with Crippen LogP contribution in [0.5, 0.6) is 0 Å². The number of nitrogens with zero attached hydrogens (tertiary/aromatic N) is 1. The number of aliphatic hydroxyl groups excluding tert-OH is 1. The summed E-state index contributed by atoms with van der Waals surface area (Å²) in [5, 5.41) is 14.4. The van der Waals surface area contributed by atoms with E-state index in [0.29, 0.717) is 10.8 Å². The highest BCUT2D eigenvalue weighted by molar-refractivity contribution is 5.87. The third kappa shape index (κ3) is 2.37. The van der Waals surface area contributed by atoms with E-state index in [1.807, 2.05) is 0 Å². The topological polar surface area (TPSA) is 41.8 Å². The Balaban J connectivity index is 1.60. The monoisotopic (exact) mass is 319 g/mol. The van der Waals surface area contributed by atoms with Crippen LogP contribution in [0, 0.1) is 34.5 Å². The second-order valence-corrected chi connectivity index (χ2v) is 9.50. The molecular formula is C20H33NO2. The van der Waals surface area contributed by atoms with Crippen molar-refractivity contribution in [1.82, 2.24) is 0 Å². The average molecular weight is 319 g/mol. The van der Waals surface area contributed by atoms with E-state index in [1.54, 1.807) is 7.11 Å². The summed E-state index contributed by atoms with van der Waals surface area (Å²) in [7, 11) is 1.68. The number of rotatable bonds is 1. The van der Waals surface area contributed by atoms with E-state index >= 15 is 0 Å². The Morgan fingerprint density at radius 2 is 1.91 bits per heavy atom. The lowest BCUT2D eigenvalue weighted by Crippen LogP contribution is -2.53. The molecule has 0 aliphatic heterocycles. The molecule has 0 bridgehead atoms. The Hall–Kier alpha value is -0.570. The summed E-state index contributed by atoms with van der Waals surface area (Å²) in [5.74, 6) is 3.30. The van der Waals surface area contributed by atoms with Crippen molar-refractivity contribution < 1.29 is 9.94 Å². The summed E-state index contributed by atoms with van der Waals surface area (Å²) in [6.07, 6.45) is 11.0. The molecule has 0 aromatic heterocycles. The van der Waals surface area contributed by atoms with Crippen LogP contribution >= 0.6 is 0 Å². The highest BCUT2D eigenvalue weighted by Gasteiger charge is 2.58. The van der Waals surface area contributed by atoms with Gasteiger partial charge in [-0.2, -0.15) is 0 Å². The number of oxime groups is 1. The van der Waals surface area contributed by atoms with Crippen molar-refractivity contribution in [2.45, 2.75) is 77.7 Å². The van der Waals surface area contributed by atoms with Gasteiger partial charge in [0.15, 0.2) is 0 Å². The molecule has 3 nitrogen and oxygen atoms in total. The van der Waals surface area contributed by atoms with Gasteiger partial charge in [-0.3, -0.25) is 0 Å². The Morgan fingerprint density at radius 3 is 2.70 bits per heavy atom. The molecule has 23 heavy (non-hydrogen) atoms. The van der Waals surface area contributed by atoms with Crippen molar-refractivity contribution in [3.8, 4) is 0 Å². The first-order chi connectivity index (χ1) is 11.0. The molecule has 0 aromatic carbocycles. The summed E-state index contributed by atoms with van der Waals surface area (Å²) >= 11 is 0. The van der Waals surface area contributed by atoms with Gasteiger partial charge in [0.05, 0.1) is 11.8 Å². The first-order valence-corrected chi connectivity index (χ1v) is 9.73. The molecule has 0 radical (unpaired) electrons. The number of hydrogen-bond acceptors (Lipinski definition) is 3. The maximum Gasteiger partial charge on any atom is 0.106 e. The van der Waals surface area contributed by atoms with E-state index in [-0.39, 0.29) is 6.10 Å². The predicted octanol–water partition coefficient (Wildman–Crippen LogP) is 4.39. The Labute approximate surface area is 140 Å². The predicted molar refractivity (Wildman–Crippen MR) is 92.2 cm³/mol. The van der Waals surface area contributed by atoms with Crippen molar-refractivity contribution >= 4 is 5.71 Å². The van der Waals surface area contributed by atoms with E-state index < -0.39 is 0 Å². The minimum Gasteiger partial charge on any atom is -0.399 e. The fraction of sp³-hybridized carbons (Fsp3) is 0.950. The molecule has 3 unspecified atom stereocenters. The summed E-state index contributed by atoms with van der Waals surface area (Å²) in [5.41, 5.74) is 2.23. The highest BCUT2D eigenvalue weighted by atomic mass is 16.6. The van der Waals surface area contributed by atoms with Gasteiger partial charge in [0.1, 0.15) is 7.11 Å². The summed E-state index contributed by atoms with van der Waals surface area (Å²) < 4.78 is 0. The van der Waals surface area contributed by atoms with Gasteiger partial charge in [0.2, 0.25) is 0 Å². The van der Waals surface area contributed by atoms with Crippen molar-refractivity contribution in [3.05, 3.63) is 0 Å². The standard InChI is InChI=1S/C20H33NO2/c1-19-8-7-17-16(18(19)11-14(12-19)21-23-3)5-4-13-10-15(22)6-9-20(13,17)2/h13,15-18,22H,4-12H2,1-3H3/t13-,15-,16?,17?,18?,19+,20-/m0/s1. The SMILES string of the molecule is CON=C1CC2C3CC[C@H]4C[C@@H](O)CC[C@]4(C)C3CC[C@]2(C)C1. The zero-order valence-electron chi connectivity index (χ0n) is 15.1.